The summed E-state index contributed by atoms with van der Waals surface area (Å²) in [6.45, 7) is 3.24. The van der Waals surface area contributed by atoms with E-state index < -0.39 is 21.8 Å². The van der Waals surface area contributed by atoms with Crippen LogP contribution in [-0.2, 0) is 21.4 Å². The van der Waals surface area contributed by atoms with Crippen molar-refractivity contribution in [2.24, 2.45) is 0 Å². The van der Waals surface area contributed by atoms with E-state index >= 15 is 0 Å². The van der Waals surface area contributed by atoms with E-state index in [1.54, 1.807) is 31.2 Å². The van der Waals surface area contributed by atoms with Crippen molar-refractivity contribution in [3.05, 3.63) is 77.2 Å². The van der Waals surface area contributed by atoms with Gasteiger partial charge in [0, 0.05) is 5.56 Å². The Hall–Kier alpha value is -3.63. The zero-order valence-electron chi connectivity index (χ0n) is 18.5. The summed E-state index contributed by atoms with van der Waals surface area (Å²) in [5.74, 6) is -0.0632. The van der Waals surface area contributed by atoms with E-state index in [4.69, 9.17) is 9.15 Å². The quantitative estimate of drug-likeness (QED) is 0.440. The molecular formula is C23H25N3O6S. The van der Waals surface area contributed by atoms with Crippen molar-refractivity contribution in [2.45, 2.75) is 25.3 Å². The van der Waals surface area contributed by atoms with Crippen molar-refractivity contribution in [3.63, 3.8) is 0 Å². The van der Waals surface area contributed by atoms with Gasteiger partial charge in [0.2, 0.25) is 15.9 Å². The van der Waals surface area contributed by atoms with Crippen LogP contribution in [0, 0.1) is 13.8 Å². The number of carbonyl (C=O) groups is 2. The largest absolute Gasteiger partial charge is 0.495 e. The van der Waals surface area contributed by atoms with Crippen LogP contribution < -0.4 is 20.1 Å². The van der Waals surface area contributed by atoms with E-state index in [1.165, 1.54) is 31.6 Å². The van der Waals surface area contributed by atoms with Crippen molar-refractivity contribution < 1.29 is 27.2 Å². The summed E-state index contributed by atoms with van der Waals surface area (Å²) in [6.07, 6.45) is 1.45. The number of methoxy groups -OCH3 is 1. The third-order valence-corrected chi connectivity index (χ3v) is 6.22. The summed E-state index contributed by atoms with van der Waals surface area (Å²) in [7, 11) is -2.38. The average molecular weight is 472 g/mol. The summed E-state index contributed by atoms with van der Waals surface area (Å²) in [6, 6.07) is 12.9. The lowest BCUT2D eigenvalue weighted by molar-refractivity contribution is -0.115. The Morgan fingerprint density at radius 3 is 2.55 bits per heavy atom. The first-order valence-corrected chi connectivity index (χ1v) is 11.5. The van der Waals surface area contributed by atoms with Crippen LogP contribution in [0.1, 0.15) is 27.2 Å². The lowest BCUT2D eigenvalue weighted by atomic mass is 10.1. The molecule has 0 unspecified atom stereocenters. The fourth-order valence-electron chi connectivity index (χ4n) is 3.05. The Bertz CT molecular complexity index is 1250. The van der Waals surface area contributed by atoms with Crippen LogP contribution in [0.4, 0.5) is 5.69 Å². The highest BCUT2D eigenvalue weighted by atomic mass is 32.2. The SMILES string of the molecule is COc1ccc(C)cc1NC(=O)CNC(=O)c1cc(S(=O)(=O)NCc2ccco2)ccc1C. The molecule has 9 nitrogen and oxygen atoms in total. The van der Waals surface area contributed by atoms with Gasteiger partial charge in [0.25, 0.3) is 5.91 Å². The van der Waals surface area contributed by atoms with E-state index in [1.807, 2.05) is 13.0 Å². The highest BCUT2D eigenvalue weighted by Gasteiger charge is 2.19. The van der Waals surface area contributed by atoms with Crippen LogP contribution in [0.5, 0.6) is 5.75 Å². The Kier molecular flexibility index (Phi) is 7.52. The zero-order valence-corrected chi connectivity index (χ0v) is 19.3. The van der Waals surface area contributed by atoms with Gasteiger partial charge in [-0.15, -0.1) is 0 Å². The van der Waals surface area contributed by atoms with Crippen molar-refractivity contribution in [1.82, 2.24) is 10.0 Å². The number of hydrogen-bond donors (Lipinski definition) is 3. The second kappa shape index (κ2) is 10.3. The number of amides is 2. The molecule has 1 aromatic heterocycles. The minimum absolute atomic E-state index is 0.0205. The van der Waals surface area contributed by atoms with Crippen LogP contribution in [0.3, 0.4) is 0 Å². The lowest BCUT2D eigenvalue weighted by Gasteiger charge is -2.13. The molecule has 0 aliphatic rings. The number of carbonyl (C=O) groups excluding carboxylic acids is 2. The van der Waals surface area contributed by atoms with Crippen LogP contribution >= 0.6 is 0 Å². The summed E-state index contributed by atoms with van der Waals surface area (Å²) in [4.78, 5) is 24.9. The van der Waals surface area contributed by atoms with Gasteiger partial charge in [-0.1, -0.05) is 12.1 Å². The maximum Gasteiger partial charge on any atom is 0.252 e. The summed E-state index contributed by atoms with van der Waals surface area (Å²) < 4.78 is 38.0. The zero-order chi connectivity index (χ0) is 24.0. The third kappa shape index (κ3) is 6.21. The molecule has 2 aromatic carbocycles. The molecule has 0 spiro atoms. The molecule has 0 aliphatic heterocycles. The standard InChI is InChI=1S/C23H25N3O6S/c1-15-6-9-21(31-3)20(11-15)26-22(27)14-24-23(28)19-12-18(8-7-16(19)2)33(29,30)25-13-17-5-4-10-32-17/h4-12,25H,13-14H2,1-3H3,(H,24,28)(H,26,27). The predicted octanol–water partition coefficient (Wildman–Crippen LogP) is 2.75. The molecule has 10 heteroatoms. The van der Waals surface area contributed by atoms with Crippen molar-refractivity contribution in [3.8, 4) is 5.75 Å². The van der Waals surface area contributed by atoms with E-state index in [0.717, 1.165) is 5.56 Å². The number of benzene rings is 2. The van der Waals surface area contributed by atoms with Crippen molar-refractivity contribution in [2.75, 3.05) is 19.0 Å². The fraction of sp³-hybridized carbons (Fsp3) is 0.217. The Balaban J connectivity index is 1.66. The van der Waals surface area contributed by atoms with Gasteiger partial charge in [0.05, 0.1) is 37.0 Å². The molecule has 2 amide bonds. The van der Waals surface area contributed by atoms with Gasteiger partial charge in [-0.2, -0.15) is 0 Å². The molecule has 1 heterocycles. The molecule has 0 fully saturated rings. The number of nitrogens with one attached hydrogen (secondary N) is 3. The van der Waals surface area contributed by atoms with Crippen LogP contribution in [0.25, 0.3) is 0 Å². The van der Waals surface area contributed by atoms with E-state index in [-0.39, 0.29) is 23.5 Å². The molecular weight excluding hydrogens is 446 g/mol. The Morgan fingerprint density at radius 2 is 1.85 bits per heavy atom. The first-order chi connectivity index (χ1) is 15.7. The van der Waals surface area contributed by atoms with Gasteiger partial charge in [-0.3, -0.25) is 9.59 Å². The van der Waals surface area contributed by atoms with Crippen LogP contribution in [0.15, 0.2) is 64.1 Å². The van der Waals surface area contributed by atoms with Gasteiger partial charge < -0.3 is 19.8 Å². The number of rotatable bonds is 9. The third-order valence-electron chi connectivity index (χ3n) is 4.82. The number of sulfonamides is 1. The number of hydrogen-bond acceptors (Lipinski definition) is 6. The van der Waals surface area contributed by atoms with Crippen molar-refractivity contribution >= 4 is 27.5 Å². The molecule has 3 N–H and O–H groups in total. The normalized spacial score (nSPS) is 11.1. The first-order valence-electron chi connectivity index (χ1n) is 10.0. The van der Waals surface area contributed by atoms with Gasteiger partial charge in [0.15, 0.2) is 0 Å². The number of aryl methyl sites for hydroxylation is 2. The summed E-state index contributed by atoms with van der Waals surface area (Å²) >= 11 is 0. The molecule has 0 aliphatic carbocycles. The van der Waals surface area contributed by atoms with Gasteiger partial charge in [0.1, 0.15) is 11.5 Å². The Morgan fingerprint density at radius 1 is 1.06 bits per heavy atom. The maximum atomic E-state index is 12.7. The molecule has 174 valence electrons. The number of anilines is 1. The molecule has 3 rings (SSSR count). The van der Waals surface area contributed by atoms with Crippen LogP contribution in [-0.4, -0.2) is 33.9 Å². The van der Waals surface area contributed by atoms with E-state index in [2.05, 4.69) is 15.4 Å². The predicted molar refractivity (Wildman–Crippen MR) is 123 cm³/mol. The molecule has 3 aromatic rings. The molecule has 0 saturated heterocycles. The highest BCUT2D eigenvalue weighted by molar-refractivity contribution is 7.89. The van der Waals surface area contributed by atoms with E-state index in [0.29, 0.717) is 22.8 Å². The monoisotopic (exact) mass is 471 g/mol. The molecule has 0 radical (unpaired) electrons. The number of furan rings is 1. The van der Waals surface area contributed by atoms with Crippen LogP contribution in [0.2, 0.25) is 0 Å². The maximum absolute atomic E-state index is 12.7. The lowest BCUT2D eigenvalue weighted by Crippen LogP contribution is -2.33. The number of ether oxygens (including phenoxy) is 1. The minimum atomic E-state index is -3.88. The van der Waals surface area contributed by atoms with Gasteiger partial charge in [-0.05, 0) is 61.4 Å². The average Bonchev–Trinajstić information content (AvgIpc) is 3.30. The Labute approximate surface area is 192 Å². The molecule has 0 atom stereocenters. The minimum Gasteiger partial charge on any atom is -0.495 e. The molecule has 33 heavy (non-hydrogen) atoms. The van der Waals surface area contributed by atoms with E-state index in [9.17, 15) is 18.0 Å². The second-order valence-electron chi connectivity index (χ2n) is 7.32. The first kappa shape index (κ1) is 24.0. The highest BCUT2D eigenvalue weighted by Crippen LogP contribution is 2.25. The summed E-state index contributed by atoms with van der Waals surface area (Å²) in [5, 5.41) is 5.22. The summed E-state index contributed by atoms with van der Waals surface area (Å²) in [5.41, 5.74) is 2.14. The van der Waals surface area contributed by atoms with Gasteiger partial charge in [-0.25, -0.2) is 13.1 Å². The molecule has 0 bridgehead atoms. The van der Waals surface area contributed by atoms with Crippen molar-refractivity contribution in [1.29, 1.82) is 0 Å². The molecule has 0 saturated carbocycles. The fourth-order valence-corrected chi connectivity index (χ4v) is 4.06. The van der Waals surface area contributed by atoms with Gasteiger partial charge >= 0.3 is 0 Å². The smallest absolute Gasteiger partial charge is 0.252 e. The second-order valence-corrected chi connectivity index (χ2v) is 9.08. The topological polar surface area (TPSA) is 127 Å².